The van der Waals surface area contributed by atoms with Crippen LogP contribution < -0.4 is 38.5 Å². The first kappa shape index (κ1) is 39.6. The number of nitrogens with zero attached hydrogens (tertiary/aromatic N) is 3. The fraction of sp³-hybridized carbons (Fsp3) is 0.523. The van der Waals surface area contributed by atoms with Gasteiger partial charge < -0.3 is 37.9 Å². The zero-order valence-electron chi connectivity index (χ0n) is 34.7. The molecule has 1 N–H and O–H groups in total. The summed E-state index contributed by atoms with van der Waals surface area (Å²) in [6.07, 6.45) is 1.26. The predicted molar refractivity (Wildman–Crippen MR) is 217 cm³/mol. The minimum Gasteiger partial charge on any atom is -0.493 e. The quantitative estimate of drug-likeness (QED) is 0.240. The van der Waals surface area contributed by atoms with Crippen molar-refractivity contribution in [3.05, 3.63) is 62.7 Å². The van der Waals surface area contributed by atoms with Crippen molar-refractivity contribution in [2.24, 2.45) is 0 Å². The van der Waals surface area contributed by atoms with E-state index in [1.807, 2.05) is 39.8 Å². The van der Waals surface area contributed by atoms with Crippen molar-refractivity contribution in [1.82, 2.24) is 15.1 Å². The molecule has 7 aliphatic rings. The maximum Gasteiger partial charge on any atom is 0.331 e. The molecule has 0 aromatic heterocycles. The van der Waals surface area contributed by atoms with Crippen molar-refractivity contribution in [3.63, 3.8) is 0 Å². The van der Waals surface area contributed by atoms with Crippen LogP contribution in [0.25, 0.3) is 0 Å². The second-order valence-electron chi connectivity index (χ2n) is 15.9. The van der Waals surface area contributed by atoms with Gasteiger partial charge in [0.15, 0.2) is 40.0 Å². The average Bonchev–Trinajstić information content (AvgIpc) is 3.71. The number of methoxy groups -OCH3 is 2. The van der Waals surface area contributed by atoms with E-state index in [-0.39, 0.29) is 31.2 Å². The maximum absolute atomic E-state index is 15.0. The average molecular weight is 827 g/mol. The smallest absolute Gasteiger partial charge is 0.331 e. The first-order valence-electron chi connectivity index (χ1n) is 20.3. The maximum atomic E-state index is 15.0. The Morgan fingerprint density at radius 2 is 1.76 bits per heavy atom. The van der Waals surface area contributed by atoms with Crippen molar-refractivity contribution < 1.29 is 47.5 Å². The molecule has 4 bridgehead atoms. The molecule has 15 heteroatoms. The molecule has 2 saturated heterocycles. The molecular formula is C44H50N4O10S. The third-order valence-electron chi connectivity index (χ3n) is 13.0. The molecule has 0 aliphatic carbocycles. The van der Waals surface area contributed by atoms with E-state index in [0.717, 1.165) is 33.4 Å². The van der Waals surface area contributed by atoms with Crippen LogP contribution in [0.3, 0.4) is 0 Å². The van der Waals surface area contributed by atoms with Gasteiger partial charge >= 0.3 is 11.9 Å². The highest BCUT2D eigenvalue weighted by molar-refractivity contribution is 7.99. The summed E-state index contributed by atoms with van der Waals surface area (Å²) in [6.45, 7) is 10.4. The van der Waals surface area contributed by atoms with E-state index in [0.29, 0.717) is 84.0 Å². The van der Waals surface area contributed by atoms with Crippen LogP contribution in [0.4, 0.5) is 0 Å². The fourth-order valence-electron chi connectivity index (χ4n) is 10.7. The number of nitrogens with one attached hydrogen (secondary N) is 1. The SMILES string of the molecule is CCOc1cc2c(cc1OC)[C@@]1(CS[C@@H]3c4c(OC(C)=O)c(C)c5c(c4[C@@H](COC1=O)N1C3[C@@H]3c4c(cc(C)c(OC)c4OCC)C[C@H]([C@@H]1C#N)N3C)OCO5)NCC2. The van der Waals surface area contributed by atoms with Crippen molar-refractivity contribution in [1.29, 1.82) is 5.26 Å². The third kappa shape index (κ3) is 5.77. The standard InChI is InChI=1S/C44H50N4O10S/c1-9-53-31-15-24-11-12-46-44(26(24)16-30(31)51-7)19-59-42-34-33(41-39(56-20-57-41)22(4)38(34)58-23(5)49)29(18-55-43(44)50)48-28(17-45)27-14-25-13-21(3)37(52-8)40(54-10-2)32(25)35(36(42)48)47(27)6/h13,15-16,27-29,35-36,42,46H,9-12,14,18-20H2,1-8H3/t27-,28+,29-,35+,36?,42-,44-/m1/s1. The van der Waals surface area contributed by atoms with Crippen LogP contribution in [0.1, 0.15) is 82.6 Å². The monoisotopic (exact) mass is 826 g/mol. The highest BCUT2D eigenvalue weighted by Crippen LogP contribution is 2.64. The number of rotatable bonds is 7. The van der Waals surface area contributed by atoms with Crippen molar-refractivity contribution in [2.45, 2.75) is 88.5 Å². The van der Waals surface area contributed by atoms with E-state index in [2.05, 4.69) is 34.3 Å². The molecule has 3 aromatic carbocycles. The topological polar surface area (TPSA) is 150 Å². The van der Waals surface area contributed by atoms with Crippen LogP contribution in [-0.4, -0.2) is 100 Å². The summed E-state index contributed by atoms with van der Waals surface area (Å²) in [7, 11) is 5.34. The molecule has 0 saturated carbocycles. The summed E-state index contributed by atoms with van der Waals surface area (Å²) in [5.74, 6) is 3.16. The second kappa shape index (κ2) is 15.0. The largest absolute Gasteiger partial charge is 0.493 e. The Kier molecular flexibility index (Phi) is 10.1. The van der Waals surface area contributed by atoms with Gasteiger partial charge in [0, 0.05) is 53.6 Å². The van der Waals surface area contributed by atoms with Gasteiger partial charge in [0.2, 0.25) is 6.79 Å². The van der Waals surface area contributed by atoms with E-state index in [4.69, 9.17) is 37.9 Å². The fourth-order valence-corrected chi connectivity index (χ4v) is 12.4. The van der Waals surface area contributed by atoms with Crippen LogP contribution in [0.5, 0.6) is 40.2 Å². The molecule has 1 spiro atoms. The van der Waals surface area contributed by atoms with E-state index in [1.54, 1.807) is 26.0 Å². The van der Waals surface area contributed by atoms with Crippen molar-refractivity contribution in [2.75, 3.05) is 60.2 Å². The number of nitriles is 1. The third-order valence-corrected chi connectivity index (χ3v) is 14.5. The lowest BCUT2D eigenvalue weighted by atomic mass is 9.71. The number of esters is 2. The number of fused-ring (bicyclic) bond motifs is 9. The van der Waals surface area contributed by atoms with Crippen LogP contribution in [0, 0.1) is 25.2 Å². The van der Waals surface area contributed by atoms with E-state index in [1.165, 1.54) is 6.92 Å². The van der Waals surface area contributed by atoms with Crippen molar-refractivity contribution >= 4 is 23.7 Å². The Bertz CT molecular complexity index is 2300. The number of ether oxygens (including phenoxy) is 8. The molecule has 1 unspecified atom stereocenters. The van der Waals surface area contributed by atoms with Gasteiger partial charge in [0.1, 0.15) is 18.4 Å². The van der Waals surface area contributed by atoms with E-state index in [9.17, 15) is 14.9 Å². The Hall–Kier alpha value is -4.88. The normalized spacial score (nSPS) is 27.7. The van der Waals surface area contributed by atoms with Crippen LogP contribution in [0.15, 0.2) is 18.2 Å². The number of carbonyl (C=O) groups is 2. The van der Waals surface area contributed by atoms with E-state index < -0.39 is 40.9 Å². The molecular weight excluding hydrogens is 777 g/mol. The van der Waals surface area contributed by atoms with E-state index >= 15 is 0 Å². The molecule has 312 valence electrons. The Morgan fingerprint density at radius 1 is 0.983 bits per heavy atom. The first-order valence-corrected chi connectivity index (χ1v) is 21.3. The van der Waals surface area contributed by atoms with Crippen molar-refractivity contribution in [3.8, 4) is 46.3 Å². The summed E-state index contributed by atoms with van der Waals surface area (Å²) in [6, 6.07) is 6.44. The number of carbonyl (C=O) groups excluding carboxylic acids is 2. The number of benzene rings is 3. The molecule has 14 nitrogen and oxygen atoms in total. The molecule has 7 atom stereocenters. The highest BCUT2D eigenvalue weighted by atomic mass is 32.2. The van der Waals surface area contributed by atoms with Gasteiger partial charge in [-0.1, -0.05) is 6.07 Å². The number of hydrogen-bond donors (Lipinski definition) is 1. The van der Waals surface area contributed by atoms with Gasteiger partial charge in [-0.2, -0.15) is 5.26 Å². The molecule has 0 radical (unpaired) electrons. The Balaban J connectivity index is 1.33. The Labute approximate surface area is 348 Å². The van der Waals surface area contributed by atoms with Gasteiger partial charge in [0.05, 0.1) is 50.8 Å². The Morgan fingerprint density at radius 3 is 2.47 bits per heavy atom. The van der Waals surface area contributed by atoms with Gasteiger partial charge in [0.25, 0.3) is 0 Å². The second-order valence-corrected chi connectivity index (χ2v) is 17.0. The number of hydrogen-bond acceptors (Lipinski definition) is 15. The molecule has 10 rings (SSSR count). The molecule has 7 heterocycles. The molecule has 59 heavy (non-hydrogen) atoms. The van der Waals surface area contributed by atoms with Crippen LogP contribution in [0.2, 0.25) is 0 Å². The van der Waals surface area contributed by atoms with Gasteiger partial charge in [-0.3, -0.25) is 19.9 Å². The minimum absolute atomic E-state index is 0.0326. The lowest BCUT2D eigenvalue weighted by Gasteiger charge is -2.62. The van der Waals surface area contributed by atoms with Crippen LogP contribution >= 0.6 is 11.8 Å². The summed E-state index contributed by atoms with van der Waals surface area (Å²) in [5.41, 5.74) is 5.58. The summed E-state index contributed by atoms with van der Waals surface area (Å²) in [4.78, 5) is 32.6. The number of piperazine rings is 1. The zero-order valence-corrected chi connectivity index (χ0v) is 35.5. The predicted octanol–water partition coefficient (Wildman–Crippen LogP) is 5.37. The summed E-state index contributed by atoms with van der Waals surface area (Å²) >= 11 is 1.58. The number of thioether (sulfide) groups is 1. The zero-order chi connectivity index (χ0) is 41.5. The first-order chi connectivity index (χ1) is 28.5. The summed E-state index contributed by atoms with van der Waals surface area (Å²) < 4.78 is 49.6. The van der Waals surface area contributed by atoms with Gasteiger partial charge in [-0.05, 0) is 82.0 Å². The van der Waals surface area contributed by atoms with Gasteiger partial charge in [-0.25, -0.2) is 4.79 Å². The molecule has 0 amide bonds. The van der Waals surface area contributed by atoms with Gasteiger partial charge in [-0.15, -0.1) is 11.8 Å². The molecule has 7 aliphatic heterocycles. The number of aryl methyl sites for hydroxylation is 1. The number of likely N-dealkylation sites (N-methyl/N-ethyl adjacent to an activating group) is 1. The summed E-state index contributed by atoms with van der Waals surface area (Å²) in [5, 5.41) is 14.4. The lowest BCUT2D eigenvalue weighted by Crippen LogP contribution is -2.69. The minimum atomic E-state index is -1.29. The molecule has 3 aromatic rings. The lowest BCUT2D eigenvalue weighted by molar-refractivity contribution is -0.157. The molecule has 2 fully saturated rings. The van der Waals surface area contributed by atoms with Crippen LogP contribution in [-0.2, 0) is 32.7 Å². The highest BCUT2D eigenvalue weighted by Gasteiger charge is 2.62.